The molecule has 0 aromatic heterocycles. The monoisotopic (exact) mass is 321 g/mol. The van der Waals surface area contributed by atoms with E-state index in [0.717, 1.165) is 10.0 Å². The van der Waals surface area contributed by atoms with Gasteiger partial charge in [0.15, 0.2) is 0 Å². The molecule has 1 rings (SSSR count). The Morgan fingerprint density at radius 3 is 2.65 bits per heavy atom. The molecule has 0 aliphatic rings. The maximum absolute atomic E-state index is 13.0. The van der Waals surface area contributed by atoms with Gasteiger partial charge in [-0.1, -0.05) is 22.0 Å². The maximum atomic E-state index is 13.0. The van der Waals surface area contributed by atoms with Crippen molar-refractivity contribution in [3.63, 3.8) is 0 Å². The molecule has 1 N–H and O–H groups in total. The summed E-state index contributed by atoms with van der Waals surface area (Å²) in [6, 6.07) is 4.90. The van der Waals surface area contributed by atoms with Crippen LogP contribution in [0.5, 0.6) is 0 Å². The van der Waals surface area contributed by atoms with Crippen LogP contribution in [0.4, 0.5) is 4.39 Å². The molecule has 96 valence electrons. The fraction of sp³-hybridized carbons (Fsp3) is 0.500. The minimum absolute atomic E-state index is 0.0866. The first-order valence-corrected chi connectivity index (χ1v) is 7.93. The molecule has 1 aromatic rings. The van der Waals surface area contributed by atoms with Gasteiger partial charge in [0.05, 0.1) is 0 Å². The van der Waals surface area contributed by atoms with Crippen molar-refractivity contribution in [1.29, 1.82) is 0 Å². The van der Waals surface area contributed by atoms with Crippen LogP contribution in [0.1, 0.15) is 25.5 Å². The molecule has 0 fully saturated rings. The van der Waals surface area contributed by atoms with Crippen molar-refractivity contribution in [3.8, 4) is 0 Å². The quantitative estimate of drug-likeness (QED) is 0.903. The lowest BCUT2D eigenvalue weighted by atomic mass is 10.1. The molecule has 0 spiro atoms. The van der Waals surface area contributed by atoms with Crippen LogP contribution in [0, 0.1) is 5.82 Å². The number of hydrogen-bond acceptors (Lipinski definition) is 2. The summed E-state index contributed by atoms with van der Waals surface area (Å²) in [4.78, 5) is 0. The Labute approximate surface area is 113 Å². The molecule has 0 amide bonds. The summed E-state index contributed by atoms with van der Waals surface area (Å²) in [5.41, 5.74) is 1.00. The summed E-state index contributed by atoms with van der Waals surface area (Å²) in [5.74, 6) is 0.360. The molecule has 0 heterocycles. The Morgan fingerprint density at radius 2 is 2.12 bits per heavy atom. The number of halogens is 2. The van der Waals surface area contributed by atoms with E-state index >= 15 is 0 Å². The molecule has 0 radical (unpaired) electrons. The van der Waals surface area contributed by atoms with Crippen molar-refractivity contribution in [2.24, 2.45) is 0 Å². The van der Waals surface area contributed by atoms with Crippen molar-refractivity contribution in [1.82, 2.24) is 5.32 Å². The van der Waals surface area contributed by atoms with Crippen LogP contribution in [0.3, 0.4) is 0 Å². The van der Waals surface area contributed by atoms with E-state index < -0.39 is 10.8 Å². The highest BCUT2D eigenvalue weighted by molar-refractivity contribution is 9.10. The number of nitrogens with one attached hydrogen (secondary N) is 1. The van der Waals surface area contributed by atoms with Crippen molar-refractivity contribution in [2.45, 2.75) is 25.9 Å². The van der Waals surface area contributed by atoms with Crippen LogP contribution in [-0.2, 0) is 10.8 Å². The van der Waals surface area contributed by atoms with Crippen molar-refractivity contribution in [3.05, 3.63) is 34.1 Å². The van der Waals surface area contributed by atoms with E-state index in [4.69, 9.17) is 0 Å². The molecule has 0 saturated carbocycles. The third-order valence-corrected chi connectivity index (χ3v) is 4.10. The molecule has 2 nitrogen and oxygen atoms in total. The van der Waals surface area contributed by atoms with Crippen LogP contribution in [0.25, 0.3) is 0 Å². The zero-order valence-corrected chi connectivity index (χ0v) is 12.6. The Morgan fingerprint density at radius 1 is 1.47 bits per heavy atom. The minimum atomic E-state index is -0.812. The predicted octanol–water partition coefficient (Wildman–Crippen LogP) is 3.01. The molecule has 17 heavy (non-hydrogen) atoms. The van der Waals surface area contributed by atoms with Gasteiger partial charge in [-0.15, -0.1) is 0 Å². The molecular weight excluding hydrogens is 305 g/mol. The van der Waals surface area contributed by atoms with Gasteiger partial charge in [-0.05, 0) is 31.5 Å². The average molecular weight is 322 g/mol. The largest absolute Gasteiger partial charge is 0.307 e. The van der Waals surface area contributed by atoms with Crippen LogP contribution < -0.4 is 5.32 Å². The summed E-state index contributed by atoms with van der Waals surface area (Å²) >= 11 is 3.35. The third-order valence-electron chi connectivity index (χ3n) is 2.45. The highest BCUT2D eigenvalue weighted by Crippen LogP contribution is 2.24. The first-order valence-electron chi connectivity index (χ1n) is 5.41. The summed E-state index contributed by atoms with van der Waals surface area (Å²) in [5, 5.41) is 3.34. The fourth-order valence-corrected chi connectivity index (χ4v) is 3.26. The lowest BCUT2D eigenvalue weighted by Gasteiger charge is -2.20. The lowest BCUT2D eigenvalue weighted by molar-refractivity contribution is 0.505. The van der Waals surface area contributed by atoms with E-state index in [9.17, 15) is 8.60 Å². The first-order chi connectivity index (χ1) is 7.90. The number of hydrogen-bond donors (Lipinski definition) is 1. The van der Waals surface area contributed by atoms with Gasteiger partial charge in [-0.2, -0.15) is 0 Å². The van der Waals surface area contributed by atoms with E-state index in [2.05, 4.69) is 21.2 Å². The van der Waals surface area contributed by atoms with E-state index in [-0.39, 0.29) is 17.9 Å². The third kappa shape index (κ3) is 4.85. The minimum Gasteiger partial charge on any atom is -0.307 e. The first kappa shape index (κ1) is 14.8. The second kappa shape index (κ2) is 6.61. The van der Waals surface area contributed by atoms with Crippen LogP contribution >= 0.6 is 15.9 Å². The van der Waals surface area contributed by atoms with E-state index in [1.54, 1.807) is 12.3 Å². The van der Waals surface area contributed by atoms with Gasteiger partial charge >= 0.3 is 0 Å². The standard InChI is InChI=1S/C12H17BrFNOS/c1-8(7-17(3)16)15-9(2)11-5-4-10(14)6-12(11)13/h4-6,8-9,15H,7H2,1-3H3. The predicted molar refractivity (Wildman–Crippen MR) is 74.0 cm³/mol. The van der Waals surface area contributed by atoms with Crippen molar-refractivity contribution in [2.75, 3.05) is 12.0 Å². The van der Waals surface area contributed by atoms with Crippen LogP contribution in [0.2, 0.25) is 0 Å². The Hall–Kier alpha value is -0.260. The average Bonchev–Trinajstić information content (AvgIpc) is 2.15. The molecule has 0 bridgehead atoms. The van der Waals surface area contributed by atoms with Gasteiger partial charge in [0.25, 0.3) is 0 Å². The summed E-state index contributed by atoms with van der Waals surface area (Å²) in [6.45, 7) is 4.00. The normalized spacial score (nSPS) is 16.5. The molecule has 1 aromatic carbocycles. The van der Waals surface area contributed by atoms with Crippen LogP contribution in [-0.4, -0.2) is 22.3 Å². The van der Waals surface area contributed by atoms with Gasteiger partial charge < -0.3 is 5.32 Å². The molecule has 5 heteroatoms. The van der Waals surface area contributed by atoms with Gasteiger partial charge in [0, 0.05) is 39.4 Å². The second-order valence-electron chi connectivity index (χ2n) is 4.20. The number of rotatable bonds is 5. The second-order valence-corrected chi connectivity index (χ2v) is 6.53. The van der Waals surface area contributed by atoms with Crippen molar-refractivity contribution < 1.29 is 8.60 Å². The van der Waals surface area contributed by atoms with Gasteiger partial charge in [0.2, 0.25) is 0 Å². The molecule has 0 saturated heterocycles. The van der Waals surface area contributed by atoms with E-state index in [1.807, 2.05) is 13.8 Å². The highest BCUT2D eigenvalue weighted by atomic mass is 79.9. The zero-order chi connectivity index (χ0) is 13.0. The van der Waals surface area contributed by atoms with Crippen LogP contribution in [0.15, 0.2) is 22.7 Å². The topological polar surface area (TPSA) is 29.1 Å². The highest BCUT2D eigenvalue weighted by Gasteiger charge is 2.13. The molecular formula is C12H17BrFNOS. The van der Waals surface area contributed by atoms with E-state index in [0.29, 0.717) is 5.75 Å². The molecule has 0 aliphatic heterocycles. The van der Waals surface area contributed by atoms with Gasteiger partial charge in [0.1, 0.15) is 5.82 Å². The molecule has 0 aliphatic carbocycles. The SMILES string of the molecule is CC(CS(C)=O)NC(C)c1ccc(F)cc1Br. The van der Waals surface area contributed by atoms with Gasteiger partial charge in [-0.25, -0.2) is 4.39 Å². The Balaban J connectivity index is 2.69. The maximum Gasteiger partial charge on any atom is 0.124 e. The van der Waals surface area contributed by atoms with Gasteiger partial charge in [-0.3, -0.25) is 4.21 Å². The fourth-order valence-electron chi connectivity index (χ4n) is 1.77. The molecule has 3 atom stereocenters. The smallest absolute Gasteiger partial charge is 0.124 e. The zero-order valence-electron chi connectivity index (χ0n) is 10.2. The van der Waals surface area contributed by atoms with E-state index in [1.165, 1.54) is 12.1 Å². The Kier molecular flexibility index (Phi) is 5.76. The number of benzene rings is 1. The Bertz CT molecular complexity index is 413. The lowest BCUT2D eigenvalue weighted by Crippen LogP contribution is -2.33. The molecule has 3 unspecified atom stereocenters. The summed E-state index contributed by atoms with van der Waals surface area (Å²) in [6.07, 6.45) is 1.69. The summed E-state index contributed by atoms with van der Waals surface area (Å²) in [7, 11) is -0.812. The summed E-state index contributed by atoms with van der Waals surface area (Å²) < 4.78 is 24.8. The van der Waals surface area contributed by atoms with Crippen molar-refractivity contribution >= 4 is 26.7 Å².